The van der Waals surface area contributed by atoms with Gasteiger partial charge in [0.2, 0.25) is 0 Å². The molecule has 1 aliphatic carbocycles. The molecule has 0 aromatic carbocycles. The summed E-state index contributed by atoms with van der Waals surface area (Å²) in [6.07, 6.45) is 7.35. The van der Waals surface area contributed by atoms with Crippen LogP contribution in [-0.4, -0.2) is 24.4 Å². The molecule has 0 N–H and O–H groups in total. The second-order valence-corrected chi connectivity index (χ2v) is 5.55. The van der Waals surface area contributed by atoms with E-state index in [1.807, 2.05) is 23.7 Å². The number of hydrogen-bond donors (Lipinski definition) is 0. The maximum Gasteiger partial charge on any atom is 0.182 e. The second kappa shape index (κ2) is 3.80. The maximum atomic E-state index is 4.42. The van der Waals surface area contributed by atoms with Gasteiger partial charge in [0.05, 0.1) is 5.69 Å². The van der Waals surface area contributed by atoms with E-state index in [0.717, 1.165) is 29.5 Å². The number of nitrogens with zero attached hydrogens (tertiary/aromatic N) is 4. The highest BCUT2D eigenvalue weighted by atomic mass is 79.9. The molecule has 1 saturated carbocycles. The van der Waals surface area contributed by atoms with E-state index in [4.69, 9.17) is 0 Å². The monoisotopic (exact) mass is 280 g/mol. The predicted molar refractivity (Wildman–Crippen MR) is 64.7 cm³/mol. The molecule has 0 amide bonds. The number of halogens is 1. The summed E-state index contributed by atoms with van der Waals surface area (Å²) < 4.78 is 1.99. The third-order valence-electron chi connectivity index (χ3n) is 3.09. The molecule has 0 saturated heterocycles. The molecular weight excluding hydrogens is 268 g/mol. The quantitative estimate of drug-likeness (QED) is 0.810. The first-order chi connectivity index (χ1) is 7.75. The fourth-order valence-electron chi connectivity index (χ4n) is 1.95. The predicted octanol–water partition coefficient (Wildman–Crippen LogP) is 2.15. The van der Waals surface area contributed by atoms with Crippen LogP contribution >= 0.6 is 15.9 Å². The van der Waals surface area contributed by atoms with Crippen molar-refractivity contribution in [1.82, 2.24) is 19.6 Å². The van der Waals surface area contributed by atoms with E-state index in [0.29, 0.717) is 4.83 Å². The van der Waals surface area contributed by atoms with Gasteiger partial charge in [0, 0.05) is 23.6 Å². The molecule has 0 bridgehead atoms. The minimum absolute atomic E-state index is 0.531. The number of aromatic nitrogens is 4. The highest BCUT2D eigenvalue weighted by Gasteiger charge is 2.30. The van der Waals surface area contributed by atoms with Crippen molar-refractivity contribution in [1.29, 1.82) is 0 Å². The zero-order chi connectivity index (χ0) is 11.1. The molecule has 1 aliphatic rings. The zero-order valence-corrected chi connectivity index (χ0v) is 10.7. The van der Waals surface area contributed by atoms with Gasteiger partial charge in [-0.05, 0) is 25.7 Å². The van der Waals surface area contributed by atoms with Gasteiger partial charge in [0.25, 0.3) is 0 Å². The highest BCUT2D eigenvalue weighted by molar-refractivity contribution is 9.09. The molecule has 84 valence electrons. The Morgan fingerprint density at radius 2 is 2.31 bits per heavy atom. The first-order valence-electron chi connectivity index (χ1n) is 5.55. The van der Waals surface area contributed by atoms with Gasteiger partial charge in [0.15, 0.2) is 5.65 Å². The van der Waals surface area contributed by atoms with E-state index in [9.17, 15) is 0 Å². The Labute approximate surface area is 102 Å². The van der Waals surface area contributed by atoms with Crippen LogP contribution in [0.5, 0.6) is 0 Å². The van der Waals surface area contributed by atoms with Crippen LogP contribution in [0.25, 0.3) is 5.65 Å². The molecule has 2 heterocycles. The molecule has 1 fully saturated rings. The summed E-state index contributed by atoms with van der Waals surface area (Å²) in [4.78, 5) is 4.95. The summed E-state index contributed by atoms with van der Waals surface area (Å²) in [5, 5.41) is 8.26. The summed E-state index contributed by atoms with van der Waals surface area (Å²) in [6.45, 7) is 1.95. The number of hydrogen-bond acceptors (Lipinski definition) is 3. The first-order valence-corrected chi connectivity index (χ1v) is 6.46. The van der Waals surface area contributed by atoms with Gasteiger partial charge in [-0.2, -0.15) is 0 Å². The molecule has 5 heteroatoms. The van der Waals surface area contributed by atoms with Gasteiger partial charge in [-0.15, -0.1) is 10.2 Å². The number of aryl methyl sites for hydroxylation is 1. The number of alkyl halides is 1. The van der Waals surface area contributed by atoms with Gasteiger partial charge in [0.1, 0.15) is 5.82 Å². The van der Waals surface area contributed by atoms with Crippen LogP contribution in [0.2, 0.25) is 0 Å². The van der Waals surface area contributed by atoms with Crippen LogP contribution in [0.3, 0.4) is 0 Å². The van der Waals surface area contributed by atoms with Crippen LogP contribution in [0, 0.1) is 12.8 Å². The van der Waals surface area contributed by atoms with Crippen LogP contribution < -0.4 is 0 Å². The smallest absolute Gasteiger partial charge is 0.182 e. The Kier molecular flexibility index (Phi) is 2.42. The van der Waals surface area contributed by atoms with Crippen molar-refractivity contribution in [3.8, 4) is 0 Å². The topological polar surface area (TPSA) is 43.1 Å². The van der Waals surface area contributed by atoms with Crippen LogP contribution in [0.1, 0.15) is 24.4 Å². The van der Waals surface area contributed by atoms with E-state index in [1.54, 1.807) is 0 Å². The molecule has 1 unspecified atom stereocenters. The normalized spacial score (nSPS) is 17.9. The fourth-order valence-corrected chi connectivity index (χ4v) is 2.78. The maximum absolute atomic E-state index is 4.42. The second-order valence-electron chi connectivity index (χ2n) is 4.37. The molecule has 0 aliphatic heterocycles. The average Bonchev–Trinajstić information content (AvgIpc) is 3.05. The Hall–Kier alpha value is -0.970. The number of fused-ring (bicyclic) bond motifs is 1. The standard InChI is InChI=1S/C11H13BrN4/c1-7-14-15-11-10(13-4-5-16(7)11)6-9(12)8-2-3-8/h4-5,8-9H,2-3,6H2,1H3. The molecular formula is C11H13BrN4. The molecule has 16 heavy (non-hydrogen) atoms. The Morgan fingerprint density at radius 3 is 3.06 bits per heavy atom. The van der Waals surface area contributed by atoms with Crippen molar-refractivity contribution in [3.05, 3.63) is 23.9 Å². The Morgan fingerprint density at radius 1 is 1.50 bits per heavy atom. The minimum Gasteiger partial charge on any atom is -0.284 e. The molecule has 2 aromatic heterocycles. The van der Waals surface area contributed by atoms with Crippen LogP contribution in [0.15, 0.2) is 12.4 Å². The minimum atomic E-state index is 0.531. The lowest BCUT2D eigenvalue weighted by atomic mass is 10.2. The summed E-state index contributed by atoms with van der Waals surface area (Å²) >= 11 is 3.74. The zero-order valence-electron chi connectivity index (χ0n) is 9.10. The van der Waals surface area contributed by atoms with E-state index in [1.165, 1.54) is 12.8 Å². The van der Waals surface area contributed by atoms with Crippen molar-refractivity contribution in [3.63, 3.8) is 0 Å². The van der Waals surface area contributed by atoms with E-state index in [2.05, 4.69) is 31.1 Å². The van der Waals surface area contributed by atoms with Gasteiger partial charge < -0.3 is 0 Å². The summed E-state index contributed by atoms with van der Waals surface area (Å²) in [7, 11) is 0. The van der Waals surface area contributed by atoms with E-state index < -0.39 is 0 Å². The molecule has 3 rings (SSSR count). The van der Waals surface area contributed by atoms with Gasteiger partial charge in [-0.25, -0.2) is 0 Å². The molecule has 0 radical (unpaired) electrons. The fraction of sp³-hybridized carbons (Fsp3) is 0.545. The number of rotatable bonds is 3. The van der Waals surface area contributed by atoms with Gasteiger partial charge in [-0.1, -0.05) is 15.9 Å². The largest absolute Gasteiger partial charge is 0.284 e. The van der Waals surface area contributed by atoms with Crippen molar-refractivity contribution < 1.29 is 0 Å². The summed E-state index contributed by atoms with van der Waals surface area (Å²) in [6, 6.07) is 0. The lowest BCUT2D eigenvalue weighted by Gasteiger charge is -2.07. The van der Waals surface area contributed by atoms with Crippen molar-refractivity contribution in [2.75, 3.05) is 0 Å². The van der Waals surface area contributed by atoms with Gasteiger partial charge in [-0.3, -0.25) is 9.38 Å². The molecule has 2 aromatic rings. The van der Waals surface area contributed by atoms with E-state index in [-0.39, 0.29) is 0 Å². The van der Waals surface area contributed by atoms with E-state index >= 15 is 0 Å². The first kappa shape index (κ1) is 10.2. The molecule has 1 atom stereocenters. The van der Waals surface area contributed by atoms with Crippen LogP contribution in [0.4, 0.5) is 0 Å². The highest BCUT2D eigenvalue weighted by Crippen LogP contribution is 2.38. The average molecular weight is 281 g/mol. The Bertz CT molecular complexity index is 518. The lowest BCUT2D eigenvalue weighted by Crippen LogP contribution is -2.08. The summed E-state index contributed by atoms with van der Waals surface area (Å²) in [5.74, 6) is 1.74. The third kappa shape index (κ3) is 1.73. The van der Waals surface area contributed by atoms with Crippen molar-refractivity contribution in [2.24, 2.45) is 5.92 Å². The van der Waals surface area contributed by atoms with Crippen LogP contribution in [-0.2, 0) is 6.42 Å². The Balaban J connectivity index is 1.96. The lowest BCUT2D eigenvalue weighted by molar-refractivity contribution is 0.745. The molecule has 4 nitrogen and oxygen atoms in total. The van der Waals surface area contributed by atoms with Gasteiger partial charge >= 0.3 is 0 Å². The SMILES string of the molecule is Cc1nnc2c(CC(Br)C3CC3)nccn12. The third-order valence-corrected chi connectivity index (χ3v) is 4.16. The van der Waals surface area contributed by atoms with Crippen molar-refractivity contribution in [2.45, 2.75) is 31.0 Å². The summed E-state index contributed by atoms with van der Waals surface area (Å²) in [5.41, 5.74) is 1.93. The molecule has 0 spiro atoms. The van der Waals surface area contributed by atoms with Crippen molar-refractivity contribution >= 4 is 21.6 Å².